The quantitative estimate of drug-likeness (QED) is 0.689. The number of aryl methyl sites for hydroxylation is 1. The van der Waals surface area contributed by atoms with Crippen molar-refractivity contribution in [2.24, 2.45) is 4.99 Å². The number of aliphatic hydroxyl groups excluding tert-OH is 1. The summed E-state index contributed by atoms with van der Waals surface area (Å²) in [4.78, 5) is 10.9. The molecule has 1 aromatic carbocycles. The molecule has 6 heteroatoms. The highest BCUT2D eigenvalue weighted by Crippen LogP contribution is 2.28. The first-order chi connectivity index (χ1) is 12.5. The maximum atomic E-state index is 10.2. The van der Waals surface area contributed by atoms with Crippen LogP contribution in [0.1, 0.15) is 42.3 Å². The zero-order chi connectivity index (χ0) is 19.1. The molecule has 0 saturated carbocycles. The zero-order valence-electron chi connectivity index (χ0n) is 15.5. The van der Waals surface area contributed by atoms with Gasteiger partial charge < -0.3 is 10.2 Å². The molecule has 1 heterocycles. The molecular weight excluding hydrogens is 350 g/mol. The van der Waals surface area contributed by atoms with E-state index in [1.807, 2.05) is 24.3 Å². The number of aromatic hydroxyl groups is 1. The minimum Gasteiger partial charge on any atom is -0.505 e. The number of benzene rings is 1. The van der Waals surface area contributed by atoms with Crippen molar-refractivity contribution < 1.29 is 10.2 Å². The van der Waals surface area contributed by atoms with Crippen molar-refractivity contribution in [2.45, 2.75) is 33.4 Å². The highest BCUT2D eigenvalue weighted by Gasteiger charge is 2.20. The Balaban J connectivity index is 2.32. The first-order valence-corrected chi connectivity index (χ1v) is 9.17. The molecule has 5 nitrogen and oxygen atoms in total. The molecule has 2 rings (SSSR count). The Kier molecular flexibility index (Phi) is 7.57. The Morgan fingerprint density at radius 3 is 2.58 bits per heavy atom. The van der Waals surface area contributed by atoms with E-state index in [0.29, 0.717) is 23.4 Å². The van der Waals surface area contributed by atoms with Crippen LogP contribution in [-0.2, 0) is 6.61 Å². The van der Waals surface area contributed by atoms with Crippen LogP contribution >= 0.6 is 11.6 Å². The van der Waals surface area contributed by atoms with E-state index in [1.165, 1.54) is 0 Å². The molecule has 0 fully saturated rings. The van der Waals surface area contributed by atoms with Gasteiger partial charge in [-0.3, -0.25) is 14.9 Å². The number of hydrogen-bond acceptors (Lipinski definition) is 5. The fraction of sp³-hybridized carbons (Fsp3) is 0.400. The van der Waals surface area contributed by atoms with Crippen LogP contribution in [0, 0.1) is 6.92 Å². The number of nitrogens with zero attached hydrogens (tertiary/aromatic N) is 3. The van der Waals surface area contributed by atoms with Crippen molar-refractivity contribution in [3.05, 3.63) is 57.9 Å². The molecule has 2 aromatic rings. The van der Waals surface area contributed by atoms with E-state index in [9.17, 15) is 10.2 Å². The van der Waals surface area contributed by atoms with E-state index in [1.54, 1.807) is 19.3 Å². The molecule has 1 aromatic heterocycles. The predicted molar refractivity (Wildman–Crippen MR) is 106 cm³/mol. The first kappa shape index (κ1) is 20.4. The van der Waals surface area contributed by atoms with Crippen molar-refractivity contribution in [1.82, 2.24) is 9.88 Å². The van der Waals surface area contributed by atoms with Gasteiger partial charge in [-0.1, -0.05) is 43.6 Å². The molecule has 140 valence electrons. The van der Waals surface area contributed by atoms with Crippen molar-refractivity contribution in [1.29, 1.82) is 0 Å². The largest absolute Gasteiger partial charge is 0.505 e. The van der Waals surface area contributed by atoms with Crippen LogP contribution in [0.4, 0.5) is 0 Å². The molecule has 0 saturated heterocycles. The zero-order valence-corrected chi connectivity index (χ0v) is 16.2. The number of hydrogen-bond donors (Lipinski definition) is 2. The van der Waals surface area contributed by atoms with Gasteiger partial charge in [0.1, 0.15) is 5.75 Å². The summed E-state index contributed by atoms with van der Waals surface area (Å²) in [7, 11) is 0. The summed E-state index contributed by atoms with van der Waals surface area (Å²) in [5.41, 5.74) is 2.61. The van der Waals surface area contributed by atoms with Gasteiger partial charge in [0.15, 0.2) is 0 Å². The molecule has 0 amide bonds. The second kappa shape index (κ2) is 9.67. The van der Waals surface area contributed by atoms with Crippen LogP contribution in [0.15, 0.2) is 35.5 Å². The molecule has 0 unspecified atom stereocenters. The first-order valence-electron chi connectivity index (χ1n) is 8.80. The monoisotopic (exact) mass is 375 g/mol. The minimum atomic E-state index is -0.202. The van der Waals surface area contributed by atoms with Crippen LogP contribution < -0.4 is 0 Å². The SMILES string of the molecule is CCN(CC)[C@@H](CN=Cc1c(CO)cnc(C)c1O)c1ccccc1Cl. The van der Waals surface area contributed by atoms with Gasteiger partial charge >= 0.3 is 0 Å². The maximum Gasteiger partial charge on any atom is 0.145 e. The standard InChI is InChI=1S/C20H26ClN3O2/c1-4-24(5-2)19(16-8-6-7-9-18(16)21)12-22-11-17-15(13-25)10-23-14(3)20(17)26/h6-11,19,25-26H,4-5,12-13H2,1-3H3/t19-/m0/s1. The van der Waals surface area contributed by atoms with Crippen molar-refractivity contribution in [3.8, 4) is 5.75 Å². The number of likely N-dealkylation sites (N-methyl/N-ethyl adjacent to an activating group) is 1. The lowest BCUT2D eigenvalue weighted by Gasteiger charge is -2.29. The Hall–Kier alpha value is -1.95. The topological polar surface area (TPSA) is 69.0 Å². The predicted octanol–water partition coefficient (Wildman–Crippen LogP) is 3.74. The highest BCUT2D eigenvalue weighted by atomic mass is 35.5. The summed E-state index contributed by atoms with van der Waals surface area (Å²) in [5.74, 6) is 0.0532. The average Bonchev–Trinajstić information content (AvgIpc) is 2.65. The third-order valence-corrected chi connectivity index (χ3v) is 4.89. The summed E-state index contributed by atoms with van der Waals surface area (Å²) in [5, 5.41) is 20.4. The Bertz CT molecular complexity index is 761. The number of aromatic nitrogens is 1. The van der Waals surface area contributed by atoms with Crippen LogP contribution in [0.3, 0.4) is 0 Å². The van der Waals surface area contributed by atoms with Crippen LogP contribution in [-0.4, -0.2) is 45.9 Å². The van der Waals surface area contributed by atoms with Gasteiger partial charge in [0, 0.05) is 28.6 Å². The summed E-state index contributed by atoms with van der Waals surface area (Å²) >= 11 is 6.41. The number of halogens is 1. The molecule has 1 atom stereocenters. The van der Waals surface area contributed by atoms with E-state index in [-0.39, 0.29) is 18.4 Å². The molecule has 0 radical (unpaired) electrons. The van der Waals surface area contributed by atoms with Gasteiger partial charge in [-0.25, -0.2) is 0 Å². The van der Waals surface area contributed by atoms with Gasteiger partial charge in [-0.15, -0.1) is 0 Å². The lowest BCUT2D eigenvalue weighted by molar-refractivity contribution is 0.224. The van der Waals surface area contributed by atoms with Crippen molar-refractivity contribution in [3.63, 3.8) is 0 Å². The molecule has 0 bridgehead atoms. The second-order valence-electron chi connectivity index (χ2n) is 6.04. The lowest BCUT2D eigenvalue weighted by Crippen LogP contribution is -2.30. The molecule has 0 aliphatic rings. The number of pyridine rings is 1. The normalized spacial score (nSPS) is 12.8. The molecule has 2 N–H and O–H groups in total. The summed E-state index contributed by atoms with van der Waals surface area (Å²) in [6, 6.07) is 7.84. The van der Waals surface area contributed by atoms with E-state index >= 15 is 0 Å². The van der Waals surface area contributed by atoms with Gasteiger partial charge in [-0.05, 0) is 31.6 Å². The van der Waals surface area contributed by atoms with Crippen LogP contribution in [0.2, 0.25) is 5.02 Å². The Morgan fingerprint density at radius 1 is 1.27 bits per heavy atom. The molecular formula is C20H26ClN3O2. The molecule has 26 heavy (non-hydrogen) atoms. The van der Waals surface area contributed by atoms with Gasteiger partial charge in [0.2, 0.25) is 0 Å². The minimum absolute atomic E-state index is 0.0394. The Morgan fingerprint density at radius 2 is 1.96 bits per heavy atom. The maximum absolute atomic E-state index is 10.2. The fourth-order valence-corrected chi connectivity index (χ4v) is 3.25. The summed E-state index contributed by atoms with van der Waals surface area (Å²) < 4.78 is 0. The third-order valence-electron chi connectivity index (χ3n) is 4.54. The molecule has 0 aliphatic carbocycles. The van der Waals surface area contributed by atoms with E-state index in [4.69, 9.17) is 11.6 Å². The van der Waals surface area contributed by atoms with Gasteiger partial charge in [-0.2, -0.15) is 0 Å². The molecule has 0 spiro atoms. The number of rotatable bonds is 8. The lowest BCUT2D eigenvalue weighted by atomic mass is 10.0. The summed E-state index contributed by atoms with van der Waals surface area (Å²) in [6.07, 6.45) is 3.18. The molecule has 0 aliphatic heterocycles. The van der Waals surface area contributed by atoms with Crippen LogP contribution in [0.25, 0.3) is 0 Å². The second-order valence-corrected chi connectivity index (χ2v) is 6.45. The van der Waals surface area contributed by atoms with E-state index < -0.39 is 0 Å². The smallest absolute Gasteiger partial charge is 0.145 e. The van der Waals surface area contributed by atoms with E-state index in [0.717, 1.165) is 23.7 Å². The third kappa shape index (κ3) is 4.61. The van der Waals surface area contributed by atoms with Crippen molar-refractivity contribution in [2.75, 3.05) is 19.6 Å². The summed E-state index contributed by atoms with van der Waals surface area (Å²) in [6.45, 7) is 7.99. The highest BCUT2D eigenvalue weighted by molar-refractivity contribution is 6.31. The fourth-order valence-electron chi connectivity index (χ4n) is 2.99. The average molecular weight is 376 g/mol. The number of aliphatic imine (C=N–C) groups is 1. The number of aliphatic hydroxyl groups is 1. The van der Waals surface area contributed by atoms with E-state index in [2.05, 4.69) is 28.7 Å². The van der Waals surface area contributed by atoms with Gasteiger partial charge in [0.25, 0.3) is 0 Å². The van der Waals surface area contributed by atoms with Crippen LogP contribution in [0.5, 0.6) is 5.75 Å². The van der Waals surface area contributed by atoms with Gasteiger partial charge in [0.05, 0.1) is 24.9 Å². The Labute approximate surface area is 160 Å². The van der Waals surface area contributed by atoms with Crippen molar-refractivity contribution >= 4 is 17.8 Å².